The largest absolute Gasteiger partial charge is 0.456 e. The van der Waals surface area contributed by atoms with Crippen LogP contribution < -0.4 is 5.32 Å². The summed E-state index contributed by atoms with van der Waals surface area (Å²) in [5.41, 5.74) is 1.42. The van der Waals surface area contributed by atoms with E-state index in [0.717, 1.165) is 13.0 Å². The number of nitrogens with one attached hydrogen (secondary N) is 1. The molecule has 0 saturated carbocycles. The average molecular weight is 261 g/mol. The number of carbonyl (C=O) groups is 1. The summed E-state index contributed by atoms with van der Waals surface area (Å²) in [6.45, 7) is 8.84. The van der Waals surface area contributed by atoms with Crippen molar-refractivity contribution in [1.29, 1.82) is 0 Å². The van der Waals surface area contributed by atoms with Crippen LogP contribution in [0.15, 0.2) is 24.3 Å². The lowest BCUT2D eigenvalue weighted by Crippen LogP contribution is -2.24. The van der Waals surface area contributed by atoms with Gasteiger partial charge in [-0.1, -0.05) is 12.1 Å². The zero-order chi connectivity index (χ0) is 14.0. The lowest BCUT2D eigenvalue weighted by molar-refractivity contribution is 0.00694. The third-order valence-electron chi connectivity index (χ3n) is 3.34. The minimum atomic E-state index is -0.448. The van der Waals surface area contributed by atoms with Crippen LogP contribution in [0.5, 0.6) is 0 Å². The molecular formula is C16H23NO2. The van der Waals surface area contributed by atoms with E-state index in [9.17, 15) is 4.79 Å². The Hall–Kier alpha value is -1.35. The van der Waals surface area contributed by atoms with E-state index in [1.54, 1.807) is 0 Å². The molecule has 0 amide bonds. The molecule has 0 bridgehead atoms. The first-order chi connectivity index (χ1) is 8.85. The molecule has 3 nitrogen and oxygen atoms in total. The Bertz CT molecular complexity index is 462. The maximum absolute atomic E-state index is 12.1. The van der Waals surface area contributed by atoms with E-state index in [1.165, 1.54) is 5.56 Å². The third-order valence-corrected chi connectivity index (χ3v) is 3.34. The van der Waals surface area contributed by atoms with E-state index in [-0.39, 0.29) is 5.97 Å². The van der Waals surface area contributed by atoms with Gasteiger partial charge in [0.2, 0.25) is 0 Å². The van der Waals surface area contributed by atoms with Gasteiger partial charge in [-0.2, -0.15) is 0 Å². The van der Waals surface area contributed by atoms with E-state index < -0.39 is 5.60 Å². The van der Waals surface area contributed by atoms with Gasteiger partial charge in [0, 0.05) is 12.6 Å². The topological polar surface area (TPSA) is 38.3 Å². The van der Waals surface area contributed by atoms with Crippen LogP contribution in [-0.2, 0) is 4.74 Å². The zero-order valence-corrected chi connectivity index (χ0v) is 12.2. The maximum Gasteiger partial charge on any atom is 0.338 e. The lowest BCUT2D eigenvalue weighted by Gasteiger charge is -2.20. The Kier molecular flexibility index (Phi) is 3.95. The SMILES string of the molecule is C[C@H]1C[C@@H](c2cccc(C(=O)OC(C)(C)C)c2)CN1. The van der Waals surface area contributed by atoms with Crippen molar-refractivity contribution < 1.29 is 9.53 Å². The Morgan fingerprint density at radius 3 is 2.68 bits per heavy atom. The Morgan fingerprint density at radius 1 is 1.37 bits per heavy atom. The summed E-state index contributed by atoms with van der Waals surface area (Å²) < 4.78 is 5.41. The van der Waals surface area contributed by atoms with Crippen LogP contribution >= 0.6 is 0 Å². The van der Waals surface area contributed by atoms with Crippen molar-refractivity contribution in [2.24, 2.45) is 0 Å². The molecule has 1 fully saturated rings. The molecule has 3 heteroatoms. The molecule has 0 aromatic heterocycles. The van der Waals surface area contributed by atoms with Crippen molar-refractivity contribution in [1.82, 2.24) is 5.32 Å². The van der Waals surface area contributed by atoms with Gasteiger partial charge in [0.1, 0.15) is 5.60 Å². The van der Waals surface area contributed by atoms with Crippen LogP contribution in [0.25, 0.3) is 0 Å². The van der Waals surface area contributed by atoms with Crippen LogP contribution in [-0.4, -0.2) is 24.2 Å². The van der Waals surface area contributed by atoms with E-state index >= 15 is 0 Å². The molecule has 19 heavy (non-hydrogen) atoms. The summed E-state index contributed by atoms with van der Waals surface area (Å²) in [6, 6.07) is 8.38. The summed E-state index contributed by atoms with van der Waals surface area (Å²) in [6.07, 6.45) is 1.12. The monoisotopic (exact) mass is 261 g/mol. The molecule has 0 aliphatic carbocycles. The quantitative estimate of drug-likeness (QED) is 0.831. The third kappa shape index (κ3) is 3.80. The second kappa shape index (κ2) is 5.33. The fourth-order valence-corrected chi connectivity index (χ4v) is 2.45. The van der Waals surface area contributed by atoms with Gasteiger partial charge in [-0.15, -0.1) is 0 Å². The van der Waals surface area contributed by atoms with Crippen molar-refractivity contribution in [3.63, 3.8) is 0 Å². The first-order valence-electron chi connectivity index (χ1n) is 6.92. The van der Waals surface area contributed by atoms with Gasteiger partial charge >= 0.3 is 5.97 Å². The van der Waals surface area contributed by atoms with Crippen LogP contribution in [0, 0.1) is 0 Å². The molecule has 0 radical (unpaired) electrons. The summed E-state index contributed by atoms with van der Waals surface area (Å²) >= 11 is 0. The first-order valence-corrected chi connectivity index (χ1v) is 6.92. The molecule has 1 aromatic rings. The smallest absolute Gasteiger partial charge is 0.338 e. The Labute approximate surface area is 115 Å². The molecule has 2 atom stereocenters. The molecule has 104 valence electrons. The second-order valence-electron chi connectivity index (χ2n) is 6.37. The highest BCUT2D eigenvalue weighted by atomic mass is 16.6. The van der Waals surface area contributed by atoms with Crippen molar-refractivity contribution in [2.75, 3.05) is 6.54 Å². The lowest BCUT2D eigenvalue weighted by atomic mass is 9.95. The fourth-order valence-electron chi connectivity index (χ4n) is 2.45. The van der Waals surface area contributed by atoms with Crippen molar-refractivity contribution in [3.8, 4) is 0 Å². The van der Waals surface area contributed by atoms with Gasteiger partial charge in [-0.3, -0.25) is 0 Å². The van der Waals surface area contributed by atoms with Crippen molar-refractivity contribution in [2.45, 2.75) is 51.7 Å². The van der Waals surface area contributed by atoms with Gasteiger partial charge in [0.15, 0.2) is 0 Å². The standard InChI is InChI=1S/C16H23NO2/c1-11-8-14(10-17-11)12-6-5-7-13(9-12)15(18)19-16(2,3)4/h5-7,9,11,14,17H,8,10H2,1-4H3/t11-,14+/m0/s1. The molecule has 0 spiro atoms. The van der Waals surface area contributed by atoms with Crippen molar-refractivity contribution >= 4 is 5.97 Å². The molecule has 1 aliphatic rings. The summed E-state index contributed by atoms with van der Waals surface area (Å²) in [4.78, 5) is 12.1. The first kappa shape index (κ1) is 14.1. The zero-order valence-electron chi connectivity index (χ0n) is 12.2. The molecule has 1 heterocycles. The van der Waals surface area contributed by atoms with E-state index in [1.807, 2.05) is 39.0 Å². The van der Waals surface area contributed by atoms with Crippen molar-refractivity contribution in [3.05, 3.63) is 35.4 Å². The average Bonchev–Trinajstić information content (AvgIpc) is 2.74. The summed E-state index contributed by atoms with van der Waals surface area (Å²) in [5.74, 6) is 0.255. The van der Waals surface area contributed by atoms with E-state index in [4.69, 9.17) is 4.74 Å². The highest BCUT2D eigenvalue weighted by Gasteiger charge is 2.23. The number of ether oxygens (including phenoxy) is 1. The van der Waals surface area contributed by atoms with Gasteiger partial charge in [-0.25, -0.2) is 4.79 Å². The molecule has 2 rings (SSSR count). The molecule has 1 saturated heterocycles. The number of esters is 1. The number of hydrogen-bond donors (Lipinski definition) is 1. The number of rotatable bonds is 2. The van der Waals surface area contributed by atoms with Gasteiger partial charge in [-0.05, 0) is 57.7 Å². The number of carbonyl (C=O) groups excluding carboxylic acids is 1. The highest BCUT2D eigenvalue weighted by molar-refractivity contribution is 5.89. The number of benzene rings is 1. The van der Waals surface area contributed by atoms with Gasteiger partial charge < -0.3 is 10.1 Å². The number of hydrogen-bond acceptors (Lipinski definition) is 3. The molecule has 1 aliphatic heterocycles. The molecule has 0 unspecified atom stereocenters. The van der Waals surface area contributed by atoms with Crippen LogP contribution in [0.3, 0.4) is 0 Å². The van der Waals surface area contributed by atoms with Gasteiger partial charge in [0.05, 0.1) is 5.56 Å². The summed E-state index contributed by atoms with van der Waals surface area (Å²) in [7, 11) is 0. The maximum atomic E-state index is 12.1. The Morgan fingerprint density at radius 2 is 2.11 bits per heavy atom. The van der Waals surface area contributed by atoms with Crippen LogP contribution in [0.2, 0.25) is 0 Å². The van der Waals surface area contributed by atoms with Crippen LogP contribution in [0.4, 0.5) is 0 Å². The van der Waals surface area contributed by atoms with E-state index in [0.29, 0.717) is 17.5 Å². The minimum absolute atomic E-state index is 0.242. The summed E-state index contributed by atoms with van der Waals surface area (Å²) in [5, 5.41) is 3.44. The highest BCUT2D eigenvalue weighted by Crippen LogP contribution is 2.26. The van der Waals surface area contributed by atoms with E-state index in [2.05, 4.69) is 18.3 Å². The predicted octanol–water partition coefficient (Wildman–Crippen LogP) is 3.11. The molecular weight excluding hydrogens is 238 g/mol. The second-order valence-corrected chi connectivity index (χ2v) is 6.37. The van der Waals surface area contributed by atoms with Crippen LogP contribution in [0.1, 0.15) is 56.0 Å². The van der Waals surface area contributed by atoms with Gasteiger partial charge in [0.25, 0.3) is 0 Å². The molecule has 1 N–H and O–H groups in total. The minimum Gasteiger partial charge on any atom is -0.456 e. The molecule has 1 aromatic carbocycles. The fraction of sp³-hybridized carbons (Fsp3) is 0.562. The Balaban J connectivity index is 2.13. The normalized spacial score (nSPS) is 23.4. The predicted molar refractivity (Wildman–Crippen MR) is 76.4 cm³/mol.